The first-order valence-electron chi connectivity index (χ1n) is 14.5. The summed E-state index contributed by atoms with van der Waals surface area (Å²) < 4.78 is 10.8. The van der Waals surface area contributed by atoms with Gasteiger partial charge in [0.25, 0.3) is 0 Å². The maximum Gasteiger partial charge on any atom is 1.00 e. The summed E-state index contributed by atoms with van der Waals surface area (Å²) in [6, 6.07) is 22.1. The molecule has 1 saturated heterocycles. The van der Waals surface area contributed by atoms with Crippen molar-refractivity contribution in [2.75, 3.05) is 37.6 Å². The molecule has 0 aliphatic carbocycles. The summed E-state index contributed by atoms with van der Waals surface area (Å²) in [5, 5.41) is 29.6. The molecule has 6 N–H and O–H groups in total. The smallest absolute Gasteiger partial charge is 0.870 e. The van der Waals surface area contributed by atoms with Gasteiger partial charge in [-0.2, -0.15) is 10.4 Å². The number of nitrogens with two attached hydrogens (primary N) is 2. The fourth-order valence-corrected chi connectivity index (χ4v) is 2.78. The number of allylic oxidation sites excluding steroid dienone is 2. The summed E-state index contributed by atoms with van der Waals surface area (Å²) >= 11 is 0. The molecular formula is C33H45KN6O8. The number of esters is 1. The molecule has 0 spiro atoms. The molecule has 48 heavy (non-hydrogen) atoms. The van der Waals surface area contributed by atoms with E-state index in [0.29, 0.717) is 17.6 Å². The number of aromatic nitrogens is 2. The third-order valence-corrected chi connectivity index (χ3v) is 4.97. The van der Waals surface area contributed by atoms with Crippen molar-refractivity contribution in [3.05, 3.63) is 84.3 Å². The molecule has 1 aliphatic rings. The number of ether oxygens (including phenoxy) is 2. The van der Waals surface area contributed by atoms with Crippen LogP contribution in [0.4, 0.5) is 11.5 Å². The van der Waals surface area contributed by atoms with Crippen molar-refractivity contribution < 1.29 is 90.2 Å². The van der Waals surface area contributed by atoms with Crippen LogP contribution in [0, 0.1) is 11.3 Å². The normalized spacial score (nSPS) is 10.6. The van der Waals surface area contributed by atoms with E-state index in [0.717, 1.165) is 31.5 Å². The fourth-order valence-electron chi connectivity index (χ4n) is 2.78. The van der Waals surface area contributed by atoms with Crippen molar-refractivity contribution in [2.24, 2.45) is 5.84 Å². The van der Waals surface area contributed by atoms with Crippen LogP contribution in [0.2, 0.25) is 0 Å². The van der Waals surface area contributed by atoms with Crippen LogP contribution in [-0.4, -0.2) is 64.6 Å². The Bertz CT molecular complexity index is 1380. The van der Waals surface area contributed by atoms with Gasteiger partial charge in [-0.25, -0.2) is 9.48 Å². The van der Waals surface area contributed by atoms with Crippen LogP contribution in [0.1, 0.15) is 57.9 Å². The minimum Gasteiger partial charge on any atom is -0.870 e. The van der Waals surface area contributed by atoms with Crippen LogP contribution in [0.15, 0.2) is 78.6 Å². The Kier molecular flexibility index (Phi) is 32.3. The topological polar surface area (TPSA) is 236 Å². The molecular weight excluding hydrogens is 647 g/mol. The van der Waals surface area contributed by atoms with Crippen LogP contribution in [0.25, 0.3) is 5.69 Å². The molecule has 2 aromatic carbocycles. The number of nitrogens with one attached hydrogen (secondary N) is 1. The number of nitriles is 1. The van der Waals surface area contributed by atoms with E-state index in [4.69, 9.17) is 26.7 Å². The number of hydrazine groups is 1. The number of aliphatic hydroxyl groups excluding tert-OH is 1. The standard InChI is InChI=1S/C11H11N3O.C6H8N2.C5H5NO2.C5H8O3.C4H8O.C2H6O.K/c1-8(15)10-7-11(12)14(13-10)9-5-3-2-4-6-9;7-8-6-4-2-1-3-5-6;1-4(7)5(8)2-3-6;1-3-8-5(7)4(2)6;1-2-4-5-3-1;1-2-3;/h2-7H,12H2,1H3;1-5,8H,7H2;2,8H,1H3;3H2,1-2H3;1-4H2;3H,2H2,1H3;/q;;;;;;+1/p-1/b;;5-2-;;;;. The predicted molar refractivity (Wildman–Crippen MR) is 177 cm³/mol. The van der Waals surface area contributed by atoms with Crippen LogP contribution in [0.3, 0.4) is 0 Å². The number of benzene rings is 2. The minimum atomic E-state index is -0.757. The van der Waals surface area contributed by atoms with Gasteiger partial charge in [0.2, 0.25) is 5.78 Å². The van der Waals surface area contributed by atoms with E-state index < -0.39 is 23.3 Å². The molecule has 3 aromatic rings. The van der Waals surface area contributed by atoms with Gasteiger partial charge >= 0.3 is 57.4 Å². The molecule has 14 nitrogen and oxygen atoms in total. The van der Waals surface area contributed by atoms with Gasteiger partial charge in [0.1, 0.15) is 17.3 Å². The maximum absolute atomic E-state index is 11.1. The van der Waals surface area contributed by atoms with E-state index in [1.54, 1.807) is 24.6 Å². The third-order valence-electron chi connectivity index (χ3n) is 4.97. The van der Waals surface area contributed by atoms with E-state index in [1.165, 1.54) is 32.8 Å². The molecule has 15 heteroatoms. The Hall–Kier alpha value is -3.72. The van der Waals surface area contributed by atoms with Gasteiger partial charge in [-0.05, 0) is 57.9 Å². The number of anilines is 2. The Morgan fingerprint density at radius 2 is 1.52 bits per heavy atom. The number of rotatable bonds is 6. The third kappa shape index (κ3) is 25.4. The van der Waals surface area contributed by atoms with Crippen LogP contribution in [-0.2, 0) is 23.9 Å². The van der Waals surface area contributed by atoms with E-state index in [-0.39, 0.29) is 70.4 Å². The molecule has 0 radical (unpaired) electrons. The summed E-state index contributed by atoms with van der Waals surface area (Å²) in [6.07, 6.45) is 3.24. The van der Waals surface area contributed by atoms with Crippen molar-refractivity contribution in [2.45, 2.75) is 47.5 Å². The van der Waals surface area contributed by atoms with Crippen molar-refractivity contribution in [1.82, 2.24) is 9.78 Å². The van der Waals surface area contributed by atoms with Crippen LogP contribution >= 0.6 is 0 Å². The average Bonchev–Trinajstić information content (AvgIpc) is 3.77. The second kappa shape index (κ2) is 31.9. The summed E-state index contributed by atoms with van der Waals surface area (Å²) in [6.45, 7) is 9.62. The summed E-state index contributed by atoms with van der Waals surface area (Å²) in [5.74, 6) is 2.82. The van der Waals surface area contributed by atoms with Crippen LogP contribution in [0.5, 0.6) is 0 Å². The van der Waals surface area contributed by atoms with E-state index in [1.807, 2.05) is 60.7 Å². The van der Waals surface area contributed by atoms with Gasteiger partial charge in [0.05, 0.1) is 18.4 Å². The molecule has 256 valence electrons. The number of hydrogen-bond acceptors (Lipinski definition) is 13. The van der Waals surface area contributed by atoms with E-state index in [2.05, 4.69) is 15.3 Å². The number of nitrogens with zero attached hydrogens (tertiary/aromatic N) is 3. The predicted octanol–water partition coefficient (Wildman–Crippen LogP) is -0.0896. The van der Waals surface area contributed by atoms with Crippen LogP contribution < -0.4 is 73.5 Å². The number of carbonyl (C=O) groups excluding carboxylic acids is 4. The number of carbonyl (C=O) groups is 4. The molecule has 1 aliphatic heterocycles. The maximum atomic E-state index is 11.1. The number of Topliss-reactive ketones (excluding diaryl/α,β-unsaturated/α-hetero) is 3. The average molecular weight is 693 g/mol. The number of nitrogen functional groups attached to an aromatic ring is 2. The number of para-hydroxylation sites is 2. The van der Waals surface area contributed by atoms with Gasteiger partial charge < -0.3 is 30.8 Å². The van der Waals surface area contributed by atoms with Crippen molar-refractivity contribution in [3.8, 4) is 11.8 Å². The molecule has 0 atom stereocenters. The summed E-state index contributed by atoms with van der Waals surface area (Å²) in [4.78, 5) is 41.3. The Morgan fingerprint density at radius 3 is 1.79 bits per heavy atom. The summed E-state index contributed by atoms with van der Waals surface area (Å²) in [5.41, 5.74) is 10.5. The van der Waals surface area contributed by atoms with Crippen molar-refractivity contribution >= 4 is 34.8 Å². The second-order valence-corrected chi connectivity index (χ2v) is 8.87. The number of hydrogen-bond donors (Lipinski definition) is 4. The molecule has 1 fully saturated rings. The SMILES string of the molecule is C1CCOC1.CC(=O)/C([O-])=C/C#N.CC(=O)c1cc(N)n(-c2ccccc2)n1.CCO.CCOC(=O)C(C)=O.NNc1ccccc1.[K+]. The largest absolute Gasteiger partial charge is 1.00 e. The zero-order chi connectivity index (χ0) is 36.0. The first-order valence-corrected chi connectivity index (χ1v) is 14.5. The summed E-state index contributed by atoms with van der Waals surface area (Å²) in [7, 11) is 0. The molecule has 2 heterocycles. The zero-order valence-electron chi connectivity index (χ0n) is 28.5. The van der Waals surface area contributed by atoms with Gasteiger partial charge in [-0.15, -0.1) is 0 Å². The van der Waals surface area contributed by atoms with Gasteiger partial charge in [0.15, 0.2) is 5.78 Å². The molecule has 0 unspecified atom stereocenters. The monoisotopic (exact) mass is 692 g/mol. The molecule has 4 rings (SSSR count). The zero-order valence-corrected chi connectivity index (χ0v) is 31.6. The second-order valence-electron chi connectivity index (χ2n) is 8.87. The molecule has 0 bridgehead atoms. The molecule has 0 saturated carbocycles. The molecule has 1 aromatic heterocycles. The van der Waals surface area contributed by atoms with Gasteiger partial charge in [-0.3, -0.25) is 20.2 Å². The minimum absolute atomic E-state index is 0. The molecule has 0 amide bonds. The number of aliphatic hydroxyl groups is 1. The Morgan fingerprint density at radius 1 is 1.02 bits per heavy atom. The van der Waals surface area contributed by atoms with E-state index >= 15 is 0 Å². The van der Waals surface area contributed by atoms with Crippen molar-refractivity contribution in [1.29, 1.82) is 5.26 Å². The Labute approximate surface area is 324 Å². The Balaban J connectivity index is -0.000000538. The quantitative estimate of drug-likeness (QED) is 0.0305. The van der Waals surface area contributed by atoms with Gasteiger partial charge in [0, 0.05) is 51.5 Å². The van der Waals surface area contributed by atoms with Crippen molar-refractivity contribution in [3.63, 3.8) is 0 Å². The first-order chi connectivity index (χ1) is 22.4. The van der Waals surface area contributed by atoms with Gasteiger partial charge in [-0.1, -0.05) is 42.2 Å². The van der Waals surface area contributed by atoms with E-state index in [9.17, 15) is 24.3 Å². The first kappa shape index (κ1) is 48.7. The fraction of sp³-hybridized carbons (Fsp3) is 0.333. The number of ketones is 3.